The van der Waals surface area contributed by atoms with E-state index in [2.05, 4.69) is 20.6 Å². The molecule has 1 aliphatic heterocycles. The van der Waals surface area contributed by atoms with Gasteiger partial charge in [-0.1, -0.05) is 0 Å². The zero-order valence-corrected chi connectivity index (χ0v) is 13.8. The molecule has 132 valence electrons. The lowest BCUT2D eigenvalue weighted by Gasteiger charge is -2.21. The predicted octanol–water partition coefficient (Wildman–Crippen LogP) is 1.95. The molecule has 1 unspecified atom stereocenters. The summed E-state index contributed by atoms with van der Waals surface area (Å²) in [6.07, 6.45) is 4.20. The van der Waals surface area contributed by atoms with E-state index in [0.717, 1.165) is 0 Å². The first-order valence-electron chi connectivity index (χ1n) is 8.10. The van der Waals surface area contributed by atoms with Gasteiger partial charge < -0.3 is 15.4 Å². The van der Waals surface area contributed by atoms with Crippen LogP contribution in [0.25, 0.3) is 5.57 Å². The van der Waals surface area contributed by atoms with Crippen LogP contribution in [0, 0.1) is 5.92 Å². The second-order valence-electron chi connectivity index (χ2n) is 5.95. The Bertz CT molecular complexity index is 760. The monoisotopic (exact) mass is 346 g/mol. The number of piperidine rings is 1. The summed E-state index contributed by atoms with van der Waals surface area (Å²) in [6.45, 7) is 0.486. The molecule has 25 heavy (non-hydrogen) atoms. The van der Waals surface area contributed by atoms with Crippen molar-refractivity contribution in [3.63, 3.8) is 0 Å². The number of rotatable bonds is 4. The zero-order chi connectivity index (χ0) is 17.8. The van der Waals surface area contributed by atoms with Crippen molar-refractivity contribution in [1.82, 2.24) is 15.3 Å². The summed E-state index contributed by atoms with van der Waals surface area (Å²) in [4.78, 5) is 31.9. The Balaban J connectivity index is 1.79. The van der Waals surface area contributed by atoms with Gasteiger partial charge in [0.05, 0.1) is 12.8 Å². The quantitative estimate of drug-likeness (QED) is 0.869. The molecule has 1 fully saturated rings. The van der Waals surface area contributed by atoms with Gasteiger partial charge in [0.2, 0.25) is 11.8 Å². The normalized spacial score (nSPS) is 20.6. The Morgan fingerprint density at radius 1 is 1.40 bits per heavy atom. The van der Waals surface area contributed by atoms with Gasteiger partial charge in [-0.05, 0) is 12.5 Å². The number of carbonyl (C=O) groups is 2. The van der Waals surface area contributed by atoms with E-state index >= 15 is 0 Å². The van der Waals surface area contributed by atoms with E-state index in [9.17, 15) is 14.0 Å². The van der Waals surface area contributed by atoms with Crippen LogP contribution in [0.5, 0.6) is 0 Å². The molecule has 1 aromatic rings. The van der Waals surface area contributed by atoms with Crippen LogP contribution < -0.4 is 10.6 Å². The Morgan fingerprint density at radius 3 is 3.00 bits per heavy atom. The van der Waals surface area contributed by atoms with Crippen LogP contribution in [0.2, 0.25) is 0 Å². The molecule has 1 aromatic heterocycles. The summed E-state index contributed by atoms with van der Waals surface area (Å²) < 4.78 is 19.0. The van der Waals surface area contributed by atoms with E-state index < -0.39 is 0 Å². The van der Waals surface area contributed by atoms with E-state index in [4.69, 9.17) is 4.74 Å². The number of aromatic nitrogens is 2. The van der Waals surface area contributed by atoms with Gasteiger partial charge in [0, 0.05) is 43.4 Å². The van der Waals surface area contributed by atoms with Crippen molar-refractivity contribution in [2.45, 2.75) is 25.7 Å². The first kappa shape index (κ1) is 17.1. The minimum atomic E-state index is -0.382. The van der Waals surface area contributed by atoms with Crippen LogP contribution in [0.15, 0.2) is 30.1 Å². The van der Waals surface area contributed by atoms with E-state index in [1.807, 2.05) is 0 Å². The molecule has 2 amide bonds. The molecule has 1 saturated heterocycles. The van der Waals surface area contributed by atoms with Crippen molar-refractivity contribution in [3.8, 4) is 0 Å². The number of allylic oxidation sites excluding steroid dienone is 4. The fourth-order valence-electron chi connectivity index (χ4n) is 2.91. The Labute approximate surface area is 144 Å². The van der Waals surface area contributed by atoms with Crippen molar-refractivity contribution >= 4 is 23.2 Å². The number of amides is 2. The number of anilines is 1. The van der Waals surface area contributed by atoms with Crippen molar-refractivity contribution in [2.24, 2.45) is 5.92 Å². The molecule has 2 aliphatic rings. The maximum Gasteiger partial charge on any atom is 0.229 e. The molecule has 3 rings (SSSR count). The number of nitrogens with zero attached hydrogens (tertiary/aromatic N) is 2. The first-order chi connectivity index (χ1) is 12.1. The summed E-state index contributed by atoms with van der Waals surface area (Å²) >= 11 is 0. The van der Waals surface area contributed by atoms with Gasteiger partial charge in [0.15, 0.2) is 0 Å². The molecular formula is C17H19FN4O3. The van der Waals surface area contributed by atoms with Gasteiger partial charge in [-0.25, -0.2) is 14.4 Å². The average Bonchev–Trinajstić information content (AvgIpc) is 2.62. The fraction of sp³-hybridized carbons (Fsp3) is 0.412. The van der Waals surface area contributed by atoms with Crippen molar-refractivity contribution < 1.29 is 18.7 Å². The Hall–Kier alpha value is -2.77. The molecule has 0 aromatic carbocycles. The van der Waals surface area contributed by atoms with Crippen molar-refractivity contribution in [3.05, 3.63) is 35.7 Å². The van der Waals surface area contributed by atoms with Crippen LogP contribution in [0.4, 0.5) is 10.2 Å². The molecule has 0 spiro atoms. The lowest BCUT2D eigenvalue weighted by molar-refractivity contribution is -0.129. The standard InChI is InChI=1S/C17H19FN4O3/c1-25-14-3-2-11(18)7-12(14)13-8-15(21-9-20-13)22-17(24)10-4-5-19-16(23)6-10/h7-10H,2-6H2,1H3,(H,19,23)(H,20,21,22,24). The summed E-state index contributed by atoms with van der Waals surface area (Å²) in [5.74, 6) is -0.0657. The molecule has 7 nitrogen and oxygen atoms in total. The van der Waals surface area contributed by atoms with Crippen molar-refractivity contribution in [2.75, 3.05) is 19.0 Å². The largest absolute Gasteiger partial charge is 0.500 e. The molecule has 1 aliphatic carbocycles. The maximum absolute atomic E-state index is 13.6. The molecular weight excluding hydrogens is 327 g/mol. The third-order valence-electron chi connectivity index (χ3n) is 4.25. The van der Waals surface area contributed by atoms with E-state index in [1.165, 1.54) is 19.5 Å². The van der Waals surface area contributed by atoms with Crippen LogP contribution in [0.3, 0.4) is 0 Å². The Kier molecular flexibility index (Phi) is 5.06. The first-order valence-corrected chi connectivity index (χ1v) is 8.10. The minimum absolute atomic E-state index is 0.132. The highest BCUT2D eigenvalue weighted by Gasteiger charge is 2.26. The summed E-state index contributed by atoms with van der Waals surface area (Å²) in [5, 5.41) is 5.40. The zero-order valence-electron chi connectivity index (χ0n) is 13.8. The highest BCUT2D eigenvalue weighted by molar-refractivity contribution is 5.95. The number of hydrogen-bond donors (Lipinski definition) is 2. The molecule has 2 heterocycles. The molecule has 8 heteroatoms. The lowest BCUT2D eigenvalue weighted by Crippen LogP contribution is -2.38. The van der Waals surface area contributed by atoms with E-state index in [0.29, 0.717) is 48.7 Å². The summed E-state index contributed by atoms with van der Waals surface area (Å²) in [5.41, 5.74) is 1.01. The van der Waals surface area contributed by atoms with Gasteiger partial charge in [-0.3, -0.25) is 9.59 Å². The van der Waals surface area contributed by atoms with E-state index in [-0.39, 0.29) is 30.0 Å². The number of carbonyl (C=O) groups excluding carboxylic acids is 2. The van der Waals surface area contributed by atoms with Gasteiger partial charge in [0.25, 0.3) is 0 Å². The minimum Gasteiger partial charge on any atom is -0.500 e. The Morgan fingerprint density at radius 2 is 2.24 bits per heavy atom. The number of ether oxygens (including phenoxy) is 1. The highest BCUT2D eigenvalue weighted by Crippen LogP contribution is 2.31. The number of hydrogen-bond acceptors (Lipinski definition) is 5. The topological polar surface area (TPSA) is 93.2 Å². The highest BCUT2D eigenvalue weighted by atomic mass is 19.1. The molecule has 2 N–H and O–H groups in total. The maximum atomic E-state index is 13.6. The average molecular weight is 346 g/mol. The van der Waals surface area contributed by atoms with E-state index in [1.54, 1.807) is 6.07 Å². The van der Waals surface area contributed by atoms with Crippen LogP contribution in [-0.4, -0.2) is 35.4 Å². The smallest absolute Gasteiger partial charge is 0.229 e. The predicted molar refractivity (Wildman–Crippen MR) is 88.7 cm³/mol. The number of methoxy groups -OCH3 is 1. The number of nitrogens with one attached hydrogen (secondary N) is 2. The van der Waals surface area contributed by atoms with Gasteiger partial charge in [-0.15, -0.1) is 0 Å². The summed E-state index contributed by atoms with van der Waals surface area (Å²) in [7, 11) is 1.53. The molecule has 0 bridgehead atoms. The molecule has 1 atom stereocenters. The number of halogens is 1. The van der Waals surface area contributed by atoms with Crippen LogP contribution in [0.1, 0.15) is 31.4 Å². The SMILES string of the molecule is COC1=C(c2cc(NC(=O)C3CCNC(=O)C3)ncn2)C=C(F)CC1. The second-order valence-corrected chi connectivity index (χ2v) is 5.95. The van der Waals surface area contributed by atoms with Crippen LogP contribution in [-0.2, 0) is 14.3 Å². The van der Waals surface area contributed by atoms with Gasteiger partial charge in [0.1, 0.15) is 23.7 Å². The second kappa shape index (κ2) is 7.42. The third kappa shape index (κ3) is 4.01. The lowest BCUT2D eigenvalue weighted by atomic mass is 9.96. The van der Waals surface area contributed by atoms with Gasteiger partial charge in [-0.2, -0.15) is 0 Å². The molecule has 0 radical (unpaired) electrons. The fourth-order valence-corrected chi connectivity index (χ4v) is 2.91. The van der Waals surface area contributed by atoms with Crippen LogP contribution >= 0.6 is 0 Å². The summed E-state index contributed by atoms with van der Waals surface area (Å²) in [6, 6.07) is 1.57. The van der Waals surface area contributed by atoms with Crippen molar-refractivity contribution in [1.29, 1.82) is 0 Å². The van der Waals surface area contributed by atoms with Gasteiger partial charge >= 0.3 is 0 Å². The molecule has 0 saturated carbocycles. The third-order valence-corrected chi connectivity index (χ3v) is 4.25.